The molecule has 106 valence electrons. The van der Waals surface area contributed by atoms with Crippen LogP contribution in [-0.2, 0) is 29.0 Å². The lowest BCUT2D eigenvalue weighted by Crippen LogP contribution is -2.33. The average Bonchev–Trinajstić information content (AvgIpc) is 2.42. The van der Waals surface area contributed by atoms with Crippen molar-refractivity contribution in [3.63, 3.8) is 0 Å². The van der Waals surface area contributed by atoms with E-state index in [0.29, 0.717) is 0 Å². The highest BCUT2D eigenvalue weighted by molar-refractivity contribution is 6.32. The fourth-order valence-electron chi connectivity index (χ4n) is 1.21. The Balaban J connectivity index is 5.97. The summed E-state index contributed by atoms with van der Waals surface area (Å²) < 4.78 is 0. The van der Waals surface area contributed by atoms with Crippen molar-refractivity contribution in [1.82, 2.24) is 0 Å². The van der Waals surface area contributed by atoms with Crippen molar-refractivity contribution >= 4 is 23.3 Å². The summed E-state index contributed by atoms with van der Waals surface area (Å²) in [6, 6.07) is 0. The van der Waals surface area contributed by atoms with Crippen molar-refractivity contribution in [3.05, 3.63) is 11.1 Å². The molecule has 0 aromatic carbocycles. The van der Waals surface area contributed by atoms with E-state index in [1.54, 1.807) is 0 Å². The molecule has 0 atom stereocenters. The van der Waals surface area contributed by atoms with Gasteiger partial charge in [-0.2, -0.15) is 4.89 Å². The summed E-state index contributed by atoms with van der Waals surface area (Å²) in [6.45, 7) is -1.77. The van der Waals surface area contributed by atoms with E-state index in [2.05, 4.69) is 9.78 Å². The second-order valence-electron chi connectivity index (χ2n) is 3.17. The Morgan fingerprint density at radius 3 is 1.47 bits per heavy atom. The molecule has 0 bridgehead atoms. The zero-order valence-corrected chi connectivity index (χ0v) is 10.3. The summed E-state index contributed by atoms with van der Waals surface area (Å²) >= 11 is 0. The third-order valence-electron chi connectivity index (χ3n) is 2.01. The highest BCUT2D eigenvalue weighted by atomic mass is 17.2. The monoisotopic (exact) mass is 273 g/mol. The van der Waals surface area contributed by atoms with Crippen LogP contribution < -0.4 is 17.2 Å². The molecule has 0 aliphatic heterocycles. The van der Waals surface area contributed by atoms with E-state index in [0.717, 1.165) is 7.11 Å². The zero-order chi connectivity index (χ0) is 15.0. The van der Waals surface area contributed by atoms with E-state index in [4.69, 9.17) is 17.2 Å². The van der Waals surface area contributed by atoms with Gasteiger partial charge in [-0.1, -0.05) is 0 Å². The molecule has 6 N–H and O–H groups in total. The number of nitrogens with two attached hydrogens (primary N) is 3. The Labute approximate surface area is 108 Å². The topological polar surface area (TPSA) is 165 Å². The van der Waals surface area contributed by atoms with Crippen LogP contribution in [0.4, 0.5) is 0 Å². The van der Waals surface area contributed by atoms with Gasteiger partial charge in [0, 0.05) is 0 Å². The van der Waals surface area contributed by atoms with Gasteiger partial charge in [0.25, 0.3) is 0 Å². The molecule has 0 amide bonds. The predicted molar refractivity (Wildman–Crippen MR) is 62.3 cm³/mol. The number of Topliss-reactive ketones (excluding diaryl/α,β-unsaturated/α-hetero) is 3. The van der Waals surface area contributed by atoms with Crippen LogP contribution in [0.2, 0.25) is 0 Å². The van der Waals surface area contributed by atoms with Crippen LogP contribution in [0, 0.1) is 0 Å². The minimum absolute atomic E-state index is 0.581. The molecule has 0 aliphatic rings. The largest absolute Gasteiger partial charge is 0.377 e. The molecule has 0 fully saturated rings. The molecule has 0 spiro atoms. The Bertz CT molecular complexity index is 411. The minimum Gasteiger partial charge on any atom is -0.324 e. The number of hydrogen-bond donors (Lipinski definition) is 3. The predicted octanol–water partition coefficient (Wildman–Crippen LogP) is -3.03. The second kappa shape index (κ2) is 8.21. The van der Waals surface area contributed by atoms with Gasteiger partial charge in [0.05, 0.1) is 32.3 Å². The molecule has 9 heteroatoms. The van der Waals surface area contributed by atoms with Gasteiger partial charge in [-0.15, -0.1) is 0 Å². The lowest BCUT2D eigenvalue weighted by atomic mass is 9.96. The van der Waals surface area contributed by atoms with Gasteiger partial charge in [0.2, 0.25) is 0 Å². The van der Waals surface area contributed by atoms with Crippen molar-refractivity contribution < 1.29 is 29.0 Å². The first kappa shape index (κ1) is 17.1. The first-order chi connectivity index (χ1) is 8.94. The Morgan fingerprint density at radius 2 is 1.16 bits per heavy atom. The summed E-state index contributed by atoms with van der Waals surface area (Å²) in [5, 5.41) is 0. The highest BCUT2D eigenvalue weighted by Crippen LogP contribution is 2.11. The molecule has 0 aliphatic carbocycles. The van der Waals surface area contributed by atoms with Gasteiger partial charge in [-0.05, 0) is 0 Å². The second-order valence-corrected chi connectivity index (χ2v) is 3.17. The van der Waals surface area contributed by atoms with Crippen LogP contribution in [0.25, 0.3) is 0 Å². The van der Waals surface area contributed by atoms with E-state index in [-0.39, 0.29) is 0 Å². The maximum atomic E-state index is 11.6. The van der Waals surface area contributed by atoms with Gasteiger partial charge in [-0.3, -0.25) is 19.3 Å². The van der Waals surface area contributed by atoms with Crippen LogP contribution in [0.5, 0.6) is 0 Å². The molecular formula is C10H15N3O6. The number of hydrogen-bond acceptors (Lipinski definition) is 9. The smallest absolute Gasteiger partial charge is 0.324 e. The van der Waals surface area contributed by atoms with Crippen LogP contribution in [0.1, 0.15) is 0 Å². The standard InChI is InChI=1S/C10H15N3O6/c1-18-19-10(17)9(7(16)4-13)8(5(14)2-11)6(15)3-12/h2-4,11-13H2,1H3. The van der Waals surface area contributed by atoms with Crippen molar-refractivity contribution in [3.8, 4) is 0 Å². The number of ketones is 3. The van der Waals surface area contributed by atoms with Gasteiger partial charge in [-0.25, -0.2) is 4.79 Å². The van der Waals surface area contributed by atoms with E-state index in [1.807, 2.05) is 0 Å². The molecular weight excluding hydrogens is 258 g/mol. The number of carbonyl (C=O) groups is 4. The van der Waals surface area contributed by atoms with Crippen LogP contribution >= 0.6 is 0 Å². The summed E-state index contributed by atoms with van der Waals surface area (Å²) in [5.41, 5.74) is 13.8. The highest BCUT2D eigenvalue weighted by Gasteiger charge is 2.31. The maximum Gasteiger partial charge on any atom is 0.377 e. The van der Waals surface area contributed by atoms with Gasteiger partial charge in [0.15, 0.2) is 17.3 Å². The summed E-state index contributed by atoms with van der Waals surface area (Å²) in [6.07, 6.45) is 0. The zero-order valence-electron chi connectivity index (χ0n) is 10.3. The third-order valence-corrected chi connectivity index (χ3v) is 2.01. The van der Waals surface area contributed by atoms with Crippen LogP contribution in [-0.4, -0.2) is 50.1 Å². The molecule has 19 heavy (non-hydrogen) atoms. The van der Waals surface area contributed by atoms with Crippen molar-refractivity contribution in [1.29, 1.82) is 0 Å². The lowest BCUT2D eigenvalue weighted by Gasteiger charge is -2.09. The fourth-order valence-corrected chi connectivity index (χ4v) is 1.21. The lowest BCUT2D eigenvalue weighted by molar-refractivity contribution is -0.250. The van der Waals surface area contributed by atoms with Crippen molar-refractivity contribution in [2.24, 2.45) is 17.2 Å². The van der Waals surface area contributed by atoms with Crippen LogP contribution in [0.3, 0.4) is 0 Å². The average molecular weight is 273 g/mol. The Morgan fingerprint density at radius 1 is 0.789 bits per heavy atom. The van der Waals surface area contributed by atoms with E-state index < -0.39 is 54.1 Å². The van der Waals surface area contributed by atoms with E-state index >= 15 is 0 Å². The molecule has 0 aromatic rings. The van der Waals surface area contributed by atoms with Gasteiger partial charge < -0.3 is 17.2 Å². The van der Waals surface area contributed by atoms with E-state index in [1.165, 1.54) is 0 Å². The number of rotatable bonds is 8. The number of carbonyl (C=O) groups excluding carboxylic acids is 4. The SMILES string of the molecule is COOC(=O)C(C(=O)CN)=C(C(=O)CN)C(=O)CN. The molecule has 0 aromatic heterocycles. The van der Waals surface area contributed by atoms with Gasteiger partial charge in [0.1, 0.15) is 5.57 Å². The third kappa shape index (κ3) is 4.34. The molecule has 0 heterocycles. The van der Waals surface area contributed by atoms with E-state index in [9.17, 15) is 19.2 Å². The van der Waals surface area contributed by atoms with Gasteiger partial charge >= 0.3 is 5.97 Å². The Kier molecular flexibility index (Phi) is 7.37. The Hall–Kier alpha value is -1.94. The summed E-state index contributed by atoms with van der Waals surface area (Å²) in [4.78, 5) is 54.5. The summed E-state index contributed by atoms with van der Waals surface area (Å²) in [7, 11) is 1.01. The normalized spacial score (nSPS) is 9.68. The summed E-state index contributed by atoms with van der Waals surface area (Å²) in [5.74, 6) is -4.10. The molecule has 0 saturated heterocycles. The fraction of sp³-hybridized carbons (Fsp3) is 0.400. The molecule has 0 saturated carbocycles. The minimum atomic E-state index is -1.31. The van der Waals surface area contributed by atoms with Crippen molar-refractivity contribution in [2.75, 3.05) is 26.7 Å². The van der Waals surface area contributed by atoms with Crippen molar-refractivity contribution in [2.45, 2.75) is 0 Å². The molecule has 9 nitrogen and oxygen atoms in total. The molecule has 0 rings (SSSR count). The molecule has 0 radical (unpaired) electrons. The first-order valence-electron chi connectivity index (χ1n) is 5.13. The molecule has 0 unspecified atom stereocenters. The van der Waals surface area contributed by atoms with Crippen LogP contribution in [0.15, 0.2) is 11.1 Å². The maximum absolute atomic E-state index is 11.6. The quantitative estimate of drug-likeness (QED) is 0.137. The first-order valence-corrected chi connectivity index (χ1v) is 5.13.